The first-order valence-electron chi connectivity index (χ1n) is 10.8. The molecule has 1 aliphatic heterocycles. The van der Waals surface area contributed by atoms with E-state index in [1.165, 1.54) is 0 Å². The molecule has 0 bridgehead atoms. The van der Waals surface area contributed by atoms with Gasteiger partial charge in [0, 0.05) is 25.8 Å². The molecule has 0 saturated carbocycles. The summed E-state index contributed by atoms with van der Waals surface area (Å²) < 4.78 is 41.0. The van der Waals surface area contributed by atoms with Gasteiger partial charge in [0.1, 0.15) is 23.6 Å². The van der Waals surface area contributed by atoms with Crippen LogP contribution in [0.25, 0.3) is 0 Å². The standard InChI is InChI=1S/C24H26N2O7S/c1-34(29,30)24-22(25-16-32-24)21(13-17-5-3-2-4-6-17)33-19-9-7-18(8-10-19)14-26-11-12-31-15-20(26)23(27)28/h2-10,16,20-21H,11-15H2,1H3,(H,27,28)/t20-,21?/m0/s1. The Bertz CT molecular complexity index is 1210. The lowest BCUT2D eigenvalue weighted by atomic mass is 10.1. The minimum absolute atomic E-state index is 0.165. The Balaban J connectivity index is 1.53. The number of benzene rings is 2. The number of carboxylic acid groups (broad SMARTS) is 1. The number of carboxylic acids is 1. The van der Waals surface area contributed by atoms with Gasteiger partial charge in [0.15, 0.2) is 6.39 Å². The maximum atomic E-state index is 12.2. The summed E-state index contributed by atoms with van der Waals surface area (Å²) in [6.07, 6.45) is 1.89. The molecule has 1 N–H and O–H groups in total. The molecule has 2 atom stereocenters. The number of oxazole rings is 1. The lowest BCUT2D eigenvalue weighted by Gasteiger charge is -2.32. The summed E-state index contributed by atoms with van der Waals surface area (Å²) in [5, 5.41) is 9.21. The van der Waals surface area contributed by atoms with Crippen LogP contribution in [-0.2, 0) is 32.3 Å². The number of aromatic nitrogens is 1. The zero-order valence-corrected chi connectivity index (χ0v) is 19.5. The molecule has 0 radical (unpaired) electrons. The number of carbonyl (C=O) groups is 1. The molecule has 180 valence electrons. The lowest BCUT2D eigenvalue weighted by molar-refractivity contribution is -0.150. The monoisotopic (exact) mass is 486 g/mol. The molecule has 2 aromatic carbocycles. The van der Waals surface area contributed by atoms with Crippen LogP contribution in [0.1, 0.15) is 22.9 Å². The van der Waals surface area contributed by atoms with Crippen molar-refractivity contribution in [3.8, 4) is 5.75 Å². The fourth-order valence-corrected chi connectivity index (χ4v) is 4.67. The predicted octanol–water partition coefficient (Wildman–Crippen LogP) is 2.73. The van der Waals surface area contributed by atoms with Crippen molar-refractivity contribution in [2.24, 2.45) is 0 Å². The number of nitrogens with zero attached hydrogens (tertiary/aromatic N) is 2. The SMILES string of the molecule is CS(=O)(=O)c1ocnc1C(Cc1ccccc1)Oc1ccc(CN2CCOC[C@H]2C(=O)O)cc1. The summed E-state index contributed by atoms with van der Waals surface area (Å²) in [6, 6.07) is 16.2. The van der Waals surface area contributed by atoms with Crippen molar-refractivity contribution in [1.82, 2.24) is 9.88 Å². The average Bonchev–Trinajstić information content (AvgIpc) is 3.32. The van der Waals surface area contributed by atoms with Crippen LogP contribution in [0, 0.1) is 0 Å². The number of rotatable bonds is 9. The molecule has 1 fully saturated rings. The van der Waals surface area contributed by atoms with E-state index in [2.05, 4.69) is 4.98 Å². The molecule has 0 amide bonds. The van der Waals surface area contributed by atoms with E-state index in [0.717, 1.165) is 23.8 Å². The van der Waals surface area contributed by atoms with E-state index < -0.39 is 28.0 Å². The summed E-state index contributed by atoms with van der Waals surface area (Å²) in [5.74, 6) is -0.374. The Morgan fingerprint density at radius 2 is 1.91 bits per heavy atom. The largest absolute Gasteiger partial charge is 0.484 e. The van der Waals surface area contributed by atoms with Crippen molar-refractivity contribution in [1.29, 1.82) is 0 Å². The molecule has 3 aromatic rings. The second kappa shape index (κ2) is 10.4. The van der Waals surface area contributed by atoms with E-state index in [1.54, 1.807) is 12.1 Å². The topological polar surface area (TPSA) is 119 Å². The minimum atomic E-state index is -3.63. The van der Waals surface area contributed by atoms with Crippen molar-refractivity contribution >= 4 is 15.8 Å². The predicted molar refractivity (Wildman–Crippen MR) is 122 cm³/mol. The first kappa shape index (κ1) is 23.9. The van der Waals surface area contributed by atoms with Crippen molar-refractivity contribution in [2.75, 3.05) is 26.0 Å². The number of ether oxygens (including phenoxy) is 2. The third-order valence-corrected chi connectivity index (χ3v) is 6.56. The van der Waals surface area contributed by atoms with Gasteiger partial charge in [-0.05, 0) is 23.3 Å². The molecule has 10 heteroatoms. The second-order valence-corrected chi connectivity index (χ2v) is 10.1. The molecule has 0 aliphatic carbocycles. The number of hydrogen-bond donors (Lipinski definition) is 1. The van der Waals surface area contributed by atoms with Gasteiger partial charge in [-0.1, -0.05) is 42.5 Å². The van der Waals surface area contributed by atoms with Gasteiger partial charge in [0.05, 0.1) is 13.2 Å². The van der Waals surface area contributed by atoms with E-state index in [9.17, 15) is 18.3 Å². The number of aliphatic carboxylic acids is 1. The Morgan fingerprint density at radius 1 is 1.18 bits per heavy atom. The highest BCUT2D eigenvalue weighted by Gasteiger charge is 2.30. The Hall–Kier alpha value is -3.21. The number of sulfone groups is 1. The van der Waals surface area contributed by atoms with Crippen LogP contribution in [0.15, 0.2) is 70.5 Å². The van der Waals surface area contributed by atoms with E-state index in [4.69, 9.17) is 13.9 Å². The molecule has 34 heavy (non-hydrogen) atoms. The van der Waals surface area contributed by atoms with Crippen LogP contribution in [0.4, 0.5) is 0 Å². The molecule has 0 spiro atoms. The van der Waals surface area contributed by atoms with Gasteiger partial charge in [-0.3, -0.25) is 9.69 Å². The lowest BCUT2D eigenvalue weighted by Crippen LogP contribution is -2.49. The molecular weight excluding hydrogens is 460 g/mol. The van der Waals surface area contributed by atoms with Crippen LogP contribution in [-0.4, -0.2) is 61.4 Å². The zero-order valence-electron chi connectivity index (χ0n) is 18.7. The third-order valence-electron chi connectivity index (χ3n) is 5.58. The van der Waals surface area contributed by atoms with Crippen LogP contribution >= 0.6 is 0 Å². The van der Waals surface area contributed by atoms with Crippen LogP contribution in [0.2, 0.25) is 0 Å². The zero-order chi connectivity index (χ0) is 24.1. The van der Waals surface area contributed by atoms with Gasteiger partial charge in [0.2, 0.25) is 14.9 Å². The van der Waals surface area contributed by atoms with E-state index in [-0.39, 0.29) is 17.4 Å². The Morgan fingerprint density at radius 3 is 2.59 bits per heavy atom. The van der Waals surface area contributed by atoms with Crippen LogP contribution in [0.3, 0.4) is 0 Å². The van der Waals surface area contributed by atoms with Crippen molar-refractivity contribution in [3.63, 3.8) is 0 Å². The van der Waals surface area contributed by atoms with Crippen molar-refractivity contribution in [2.45, 2.75) is 30.2 Å². The van der Waals surface area contributed by atoms with Gasteiger partial charge in [-0.25, -0.2) is 13.4 Å². The quantitative estimate of drug-likeness (QED) is 0.487. The van der Waals surface area contributed by atoms with Gasteiger partial charge < -0.3 is 19.0 Å². The molecule has 1 saturated heterocycles. The molecule has 1 unspecified atom stereocenters. The van der Waals surface area contributed by atoms with E-state index in [0.29, 0.717) is 31.9 Å². The number of hydrogen-bond acceptors (Lipinski definition) is 8. The van der Waals surface area contributed by atoms with E-state index in [1.807, 2.05) is 47.4 Å². The molecule has 1 aliphatic rings. The highest BCUT2D eigenvalue weighted by atomic mass is 32.2. The number of morpholine rings is 1. The summed E-state index contributed by atoms with van der Waals surface area (Å²) in [6.45, 7) is 1.66. The maximum absolute atomic E-state index is 12.2. The Kier molecular flexibility index (Phi) is 7.30. The summed E-state index contributed by atoms with van der Waals surface area (Å²) in [7, 11) is -3.63. The molecule has 1 aromatic heterocycles. The van der Waals surface area contributed by atoms with Crippen LogP contribution < -0.4 is 4.74 Å². The summed E-state index contributed by atoms with van der Waals surface area (Å²) in [5.41, 5.74) is 2.10. The molecular formula is C24H26N2O7S. The molecule has 4 rings (SSSR count). The highest BCUT2D eigenvalue weighted by Crippen LogP contribution is 2.29. The first-order chi connectivity index (χ1) is 16.3. The molecule has 9 nitrogen and oxygen atoms in total. The fourth-order valence-electron chi connectivity index (χ4n) is 3.89. The highest BCUT2D eigenvalue weighted by molar-refractivity contribution is 7.90. The summed E-state index contributed by atoms with van der Waals surface area (Å²) >= 11 is 0. The maximum Gasteiger partial charge on any atom is 0.323 e. The fraction of sp³-hybridized carbons (Fsp3) is 0.333. The smallest absolute Gasteiger partial charge is 0.323 e. The van der Waals surface area contributed by atoms with Crippen molar-refractivity contribution in [3.05, 3.63) is 77.8 Å². The minimum Gasteiger partial charge on any atom is -0.484 e. The average molecular weight is 487 g/mol. The molecule has 2 heterocycles. The van der Waals surface area contributed by atoms with E-state index >= 15 is 0 Å². The Labute approximate surface area is 197 Å². The van der Waals surface area contributed by atoms with Gasteiger partial charge in [-0.2, -0.15) is 0 Å². The summed E-state index contributed by atoms with van der Waals surface area (Å²) in [4.78, 5) is 17.5. The van der Waals surface area contributed by atoms with Gasteiger partial charge >= 0.3 is 5.97 Å². The van der Waals surface area contributed by atoms with Crippen LogP contribution in [0.5, 0.6) is 5.75 Å². The normalized spacial score (nSPS) is 17.9. The van der Waals surface area contributed by atoms with Gasteiger partial charge in [0.25, 0.3) is 0 Å². The second-order valence-electron chi connectivity index (χ2n) is 8.14. The third kappa shape index (κ3) is 5.82. The van der Waals surface area contributed by atoms with Gasteiger partial charge in [-0.15, -0.1) is 0 Å². The van der Waals surface area contributed by atoms with Crippen molar-refractivity contribution < 1.29 is 32.2 Å². The first-order valence-corrected chi connectivity index (χ1v) is 12.7.